The quantitative estimate of drug-likeness (QED) is 0.721. The Bertz CT molecular complexity index is 1000. The first-order valence-electron chi connectivity index (χ1n) is 10.2. The van der Waals surface area contributed by atoms with Gasteiger partial charge in [0.1, 0.15) is 5.82 Å². The Kier molecular flexibility index (Phi) is 7.04. The maximum atomic E-state index is 14.4. The minimum Gasteiger partial charge on any atom is -0.355 e. The van der Waals surface area contributed by atoms with Gasteiger partial charge in [0, 0.05) is 32.4 Å². The zero-order chi connectivity index (χ0) is 21.7. The van der Waals surface area contributed by atoms with Crippen molar-refractivity contribution >= 4 is 27.4 Å². The molecule has 7 nitrogen and oxygen atoms in total. The lowest BCUT2D eigenvalue weighted by atomic mass is 10.1. The molecule has 0 saturated carbocycles. The van der Waals surface area contributed by atoms with Crippen LogP contribution in [0.5, 0.6) is 0 Å². The van der Waals surface area contributed by atoms with Gasteiger partial charge in [0.2, 0.25) is 10.0 Å². The Labute approximate surface area is 177 Å². The summed E-state index contributed by atoms with van der Waals surface area (Å²) < 4.78 is 41.2. The molecule has 2 aromatic rings. The molecule has 0 atom stereocenters. The van der Waals surface area contributed by atoms with Crippen molar-refractivity contribution in [2.45, 2.75) is 38.0 Å². The zero-order valence-electron chi connectivity index (χ0n) is 17.3. The molecule has 1 aromatic heterocycles. The lowest BCUT2D eigenvalue weighted by Gasteiger charge is -2.29. The lowest BCUT2D eigenvalue weighted by molar-refractivity contribution is 0.102. The molecule has 0 aliphatic carbocycles. The summed E-state index contributed by atoms with van der Waals surface area (Å²) in [7, 11) is -3.81. The number of halogens is 1. The number of piperidine rings is 1. The first kappa shape index (κ1) is 22.2. The van der Waals surface area contributed by atoms with E-state index in [1.165, 1.54) is 10.4 Å². The predicted molar refractivity (Wildman–Crippen MR) is 115 cm³/mol. The average Bonchev–Trinajstić information content (AvgIpc) is 2.75. The minimum absolute atomic E-state index is 0.111. The van der Waals surface area contributed by atoms with Gasteiger partial charge in [0.05, 0.1) is 16.1 Å². The van der Waals surface area contributed by atoms with Gasteiger partial charge in [-0.05, 0) is 49.6 Å². The van der Waals surface area contributed by atoms with Crippen LogP contribution in [0.2, 0.25) is 0 Å². The Morgan fingerprint density at radius 3 is 2.53 bits per heavy atom. The van der Waals surface area contributed by atoms with Gasteiger partial charge in [0.15, 0.2) is 5.82 Å². The number of hydrogen-bond donors (Lipinski definition) is 1. The fraction of sp³-hybridized carbons (Fsp3) is 0.429. The zero-order valence-corrected chi connectivity index (χ0v) is 18.1. The van der Waals surface area contributed by atoms with E-state index in [-0.39, 0.29) is 23.5 Å². The SMILES string of the molecule is CCN(CC)S(=O)(=O)c1ccc(F)c(C(=O)Nc2cccnc2N2CCCCC2)c1. The van der Waals surface area contributed by atoms with Crippen molar-refractivity contribution in [3.8, 4) is 0 Å². The van der Waals surface area contributed by atoms with Crippen molar-refractivity contribution in [1.29, 1.82) is 0 Å². The van der Waals surface area contributed by atoms with Gasteiger partial charge in [-0.25, -0.2) is 17.8 Å². The Balaban J connectivity index is 1.90. The number of anilines is 2. The second-order valence-electron chi connectivity index (χ2n) is 7.11. The first-order valence-corrected chi connectivity index (χ1v) is 11.6. The number of sulfonamides is 1. The van der Waals surface area contributed by atoms with Crippen LogP contribution >= 0.6 is 0 Å². The molecule has 1 fully saturated rings. The Hall–Kier alpha value is -2.52. The van der Waals surface area contributed by atoms with Crippen LogP contribution in [0.4, 0.5) is 15.9 Å². The summed E-state index contributed by atoms with van der Waals surface area (Å²) in [5.74, 6) is -0.859. The third-order valence-electron chi connectivity index (χ3n) is 5.22. The number of benzene rings is 1. The van der Waals surface area contributed by atoms with Crippen LogP contribution in [0.3, 0.4) is 0 Å². The largest absolute Gasteiger partial charge is 0.355 e. The van der Waals surface area contributed by atoms with E-state index < -0.39 is 21.7 Å². The number of rotatable bonds is 7. The summed E-state index contributed by atoms with van der Waals surface area (Å²) in [6.45, 7) is 5.70. The molecule has 1 amide bonds. The van der Waals surface area contributed by atoms with Crippen LogP contribution in [0, 0.1) is 5.82 Å². The summed E-state index contributed by atoms with van der Waals surface area (Å²) in [6, 6.07) is 6.70. The molecule has 1 aliphatic heterocycles. The summed E-state index contributed by atoms with van der Waals surface area (Å²) in [5.41, 5.74) is 0.150. The molecule has 0 unspecified atom stereocenters. The summed E-state index contributed by atoms with van der Waals surface area (Å²) in [6.07, 6.45) is 4.90. The molecule has 1 aromatic carbocycles. The smallest absolute Gasteiger partial charge is 0.258 e. The number of amides is 1. The maximum absolute atomic E-state index is 14.4. The highest BCUT2D eigenvalue weighted by Gasteiger charge is 2.25. The van der Waals surface area contributed by atoms with Gasteiger partial charge in [0.25, 0.3) is 5.91 Å². The molecule has 30 heavy (non-hydrogen) atoms. The van der Waals surface area contributed by atoms with Crippen molar-refractivity contribution in [3.63, 3.8) is 0 Å². The van der Waals surface area contributed by atoms with E-state index in [0.717, 1.165) is 44.5 Å². The van der Waals surface area contributed by atoms with E-state index in [1.54, 1.807) is 32.2 Å². The van der Waals surface area contributed by atoms with Crippen LogP contribution in [0.25, 0.3) is 0 Å². The summed E-state index contributed by atoms with van der Waals surface area (Å²) in [4.78, 5) is 19.2. The molecule has 1 N–H and O–H groups in total. The molecule has 1 saturated heterocycles. The van der Waals surface area contributed by atoms with Crippen molar-refractivity contribution in [1.82, 2.24) is 9.29 Å². The second kappa shape index (κ2) is 9.53. The highest BCUT2D eigenvalue weighted by molar-refractivity contribution is 7.89. The molecular formula is C21H27FN4O3S. The van der Waals surface area contributed by atoms with E-state index in [9.17, 15) is 17.6 Å². The van der Waals surface area contributed by atoms with E-state index in [0.29, 0.717) is 11.5 Å². The maximum Gasteiger partial charge on any atom is 0.258 e. The number of carbonyl (C=O) groups is 1. The Morgan fingerprint density at radius 2 is 1.87 bits per heavy atom. The molecular weight excluding hydrogens is 407 g/mol. The summed E-state index contributed by atoms with van der Waals surface area (Å²) in [5, 5.41) is 2.71. The van der Waals surface area contributed by atoms with Gasteiger partial charge < -0.3 is 10.2 Å². The van der Waals surface area contributed by atoms with Crippen molar-refractivity contribution in [2.75, 3.05) is 36.4 Å². The fourth-order valence-electron chi connectivity index (χ4n) is 3.59. The van der Waals surface area contributed by atoms with Gasteiger partial charge in [-0.1, -0.05) is 13.8 Å². The van der Waals surface area contributed by atoms with Crippen LogP contribution in [-0.2, 0) is 10.0 Å². The molecule has 0 spiro atoms. The van der Waals surface area contributed by atoms with Gasteiger partial charge >= 0.3 is 0 Å². The second-order valence-corrected chi connectivity index (χ2v) is 9.05. The predicted octanol–water partition coefficient (Wildman–Crippen LogP) is 3.49. The number of hydrogen-bond acceptors (Lipinski definition) is 5. The van der Waals surface area contributed by atoms with Crippen LogP contribution in [0.1, 0.15) is 43.5 Å². The number of aromatic nitrogens is 1. The molecule has 2 heterocycles. The Morgan fingerprint density at radius 1 is 1.17 bits per heavy atom. The highest BCUT2D eigenvalue weighted by Crippen LogP contribution is 2.27. The minimum atomic E-state index is -3.81. The molecule has 0 radical (unpaired) electrons. The monoisotopic (exact) mass is 434 g/mol. The standard InChI is InChI=1S/C21H27FN4O3S/c1-3-26(4-2)30(28,29)16-10-11-18(22)17(15-16)21(27)24-19-9-8-12-23-20(19)25-13-6-5-7-14-25/h8-12,15H,3-7,13-14H2,1-2H3,(H,24,27). The number of nitrogens with zero attached hydrogens (tertiary/aromatic N) is 3. The van der Waals surface area contributed by atoms with Crippen LogP contribution in [0.15, 0.2) is 41.4 Å². The first-order chi connectivity index (χ1) is 14.4. The third kappa shape index (κ3) is 4.62. The van der Waals surface area contributed by atoms with Crippen molar-refractivity contribution < 1.29 is 17.6 Å². The molecule has 9 heteroatoms. The van der Waals surface area contributed by atoms with Gasteiger partial charge in [-0.15, -0.1) is 0 Å². The molecule has 162 valence electrons. The molecule has 1 aliphatic rings. The van der Waals surface area contributed by atoms with Crippen molar-refractivity contribution in [3.05, 3.63) is 47.9 Å². The van der Waals surface area contributed by atoms with Crippen LogP contribution < -0.4 is 10.2 Å². The van der Waals surface area contributed by atoms with Crippen molar-refractivity contribution in [2.24, 2.45) is 0 Å². The van der Waals surface area contributed by atoms with E-state index in [4.69, 9.17) is 0 Å². The van der Waals surface area contributed by atoms with E-state index in [2.05, 4.69) is 15.2 Å². The van der Waals surface area contributed by atoms with Crippen LogP contribution in [-0.4, -0.2) is 49.8 Å². The number of carbonyl (C=O) groups excluding carboxylic acids is 1. The number of nitrogens with one attached hydrogen (secondary N) is 1. The highest BCUT2D eigenvalue weighted by atomic mass is 32.2. The normalized spacial score (nSPS) is 14.7. The van der Waals surface area contributed by atoms with E-state index >= 15 is 0 Å². The number of pyridine rings is 1. The lowest BCUT2D eigenvalue weighted by Crippen LogP contribution is -2.31. The summed E-state index contributed by atoms with van der Waals surface area (Å²) >= 11 is 0. The van der Waals surface area contributed by atoms with Gasteiger partial charge in [-0.3, -0.25) is 4.79 Å². The third-order valence-corrected chi connectivity index (χ3v) is 7.26. The van der Waals surface area contributed by atoms with E-state index in [1.807, 2.05) is 0 Å². The molecule has 3 rings (SSSR count). The molecule has 0 bridgehead atoms. The average molecular weight is 435 g/mol. The topological polar surface area (TPSA) is 82.6 Å². The van der Waals surface area contributed by atoms with Gasteiger partial charge in [-0.2, -0.15) is 4.31 Å². The fourth-order valence-corrected chi connectivity index (χ4v) is 5.08.